The number of rotatable bonds is 8. The van der Waals surface area contributed by atoms with E-state index in [1.807, 2.05) is 48.5 Å². The molecule has 2 amide bonds. The van der Waals surface area contributed by atoms with Gasteiger partial charge in [0.15, 0.2) is 5.58 Å². The lowest BCUT2D eigenvalue weighted by molar-refractivity contribution is -0.133. The number of ether oxygens (including phenoxy) is 1. The van der Waals surface area contributed by atoms with E-state index in [4.69, 9.17) is 20.8 Å². The Bertz CT molecular complexity index is 1570. The van der Waals surface area contributed by atoms with Gasteiger partial charge < -0.3 is 19.4 Å². The number of morpholine rings is 1. The van der Waals surface area contributed by atoms with E-state index < -0.39 is 5.76 Å². The number of hydrogen-bond acceptors (Lipinski definition) is 6. The lowest BCUT2D eigenvalue weighted by Gasteiger charge is -2.35. The molecule has 1 aromatic heterocycles. The zero-order valence-corrected chi connectivity index (χ0v) is 23.2. The SMILES string of the molecule is CC(=O)Nc1ccccc1-c1ccc(C(CN2CCOCC2)N(C)C(=O)Cn2c(=O)oc3ccc(Cl)cc32)cc1. The molecular weight excluding hydrogens is 532 g/mol. The number of aromatic nitrogens is 1. The molecule has 1 unspecified atom stereocenters. The predicted octanol–water partition coefficient (Wildman–Crippen LogP) is 4.41. The first-order valence-electron chi connectivity index (χ1n) is 13.1. The third-order valence-corrected chi connectivity index (χ3v) is 7.40. The summed E-state index contributed by atoms with van der Waals surface area (Å²) >= 11 is 6.14. The zero-order valence-electron chi connectivity index (χ0n) is 22.4. The molecule has 1 atom stereocenters. The third-order valence-electron chi connectivity index (χ3n) is 7.16. The fourth-order valence-electron chi connectivity index (χ4n) is 5.00. The topological polar surface area (TPSA) is 97.0 Å². The lowest BCUT2D eigenvalue weighted by Crippen LogP contribution is -2.44. The summed E-state index contributed by atoms with van der Waals surface area (Å²) < 4.78 is 12.2. The largest absolute Gasteiger partial charge is 0.420 e. The number of oxazole rings is 1. The van der Waals surface area contributed by atoms with E-state index in [0.29, 0.717) is 35.9 Å². The van der Waals surface area contributed by atoms with Crippen molar-refractivity contribution in [3.63, 3.8) is 0 Å². The van der Waals surface area contributed by atoms with Crippen LogP contribution >= 0.6 is 11.6 Å². The van der Waals surface area contributed by atoms with Gasteiger partial charge >= 0.3 is 5.76 Å². The average Bonchev–Trinajstić information content (AvgIpc) is 3.26. The van der Waals surface area contributed by atoms with Crippen LogP contribution in [0.2, 0.25) is 5.02 Å². The van der Waals surface area contributed by atoms with E-state index in [-0.39, 0.29) is 24.4 Å². The normalized spacial score (nSPS) is 14.7. The van der Waals surface area contributed by atoms with E-state index in [2.05, 4.69) is 10.2 Å². The molecule has 10 heteroatoms. The monoisotopic (exact) mass is 562 g/mol. The summed E-state index contributed by atoms with van der Waals surface area (Å²) in [6.07, 6.45) is 0. The molecule has 1 aliphatic rings. The van der Waals surface area contributed by atoms with Crippen molar-refractivity contribution in [2.45, 2.75) is 19.5 Å². The van der Waals surface area contributed by atoms with Crippen molar-refractivity contribution in [2.24, 2.45) is 0 Å². The molecule has 0 bridgehead atoms. The fourth-order valence-corrected chi connectivity index (χ4v) is 5.17. The predicted molar refractivity (Wildman–Crippen MR) is 154 cm³/mol. The molecule has 3 aromatic carbocycles. The molecular formula is C30H31ClN4O5. The van der Waals surface area contributed by atoms with Gasteiger partial charge in [-0.25, -0.2) is 4.79 Å². The summed E-state index contributed by atoms with van der Waals surface area (Å²) in [4.78, 5) is 41.8. The van der Waals surface area contributed by atoms with Crippen LogP contribution in [0.3, 0.4) is 0 Å². The molecule has 0 spiro atoms. The lowest BCUT2D eigenvalue weighted by atomic mass is 9.98. The first-order chi connectivity index (χ1) is 19.3. The second kappa shape index (κ2) is 12.1. The van der Waals surface area contributed by atoms with Crippen molar-refractivity contribution in [2.75, 3.05) is 45.2 Å². The number of nitrogens with zero attached hydrogens (tertiary/aromatic N) is 3. The fraction of sp³-hybridized carbons (Fsp3) is 0.300. The molecule has 40 heavy (non-hydrogen) atoms. The maximum Gasteiger partial charge on any atom is 0.420 e. The van der Waals surface area contributed by atoms with E-state index in [1.54, 1.807) is 30.1 Å². The zero-order chi connectivity index (χ0) is 28.2. The number of carbonyl (C=O) groups is 2. The Morgan fingerprint density at radius 1 is 1.05 bits per heavy atom. The molecule has 9 nitrogen and oxygen atoms in total. The van der Waals surface area contributed by atoms with Gasteiger partial charge in [0.25, 0.3) is 0 Å². The number of carbonyl (C=O) groups excluding carboxylic acids is 2. The minimum absolute atomic E-state index is 0.137. The van der Waals surface area contributed by atoms with Crippen LogP contribution in [0.25, 0.3) is 22.2 Å². The first kappa shape index (κ1) is 27.6. The second-order valence-corrected chi connectivity index (χ2v) is 10.3. The van der Waals surface area contributed by atoms with Gasteiger partial charge in [0, 0.05) is 49.9 Å². The molecule has 2 heterocycles. The molecule has 1 N–H and O–H groups in total. The Kier molecular flexibility index (Phi) is 8.35. The van der Waals surface area contributed by atoms with Crippen molar-refractivity contribution in [1.82, 2.24) is 14.4 Å². The van der Waals surface area contributed by atoms with Crippen molar-refractivity contribution in [3.8, 4) is 11.1 Å². The summed E-state index contributed by atoms with van der Waals surface area (Å²) in [5, 5.41) is 3.34. The molecule has 1 saturated heterocycles. The number of benzene rings is 3. The summed E-state index contributed by atoms with van der Waals surface area (Å²) in [7, 11) is 1.76. The number of nitrogens with one attached hydrogen (secondary N) is 1. The number of halogens is 1. The molecule has 1 fully saturated rings. The van der Waals surface area contributed by atoms with Crippen LogP contribution in [-0.2, 0) is 20.9 Å². The van der Waals surface area contributed by atoms with Gasteiger partial charge in [0.05, 0.1) is 24.8 Å². The molecule has 0 saturated carbocycles. The van der Waals surface area contributed by atoms with E-state index in [1.165, 1.54) is 11.5 Å². The van der Waals surface area contributed by atoms with Crippen LogP contribution in [0, 0.1) is 0 Å². The van der Waals surface area contributed by atoms with Crippen LogP contribution in [-0.4, -0.2) is 66.1 Å². The van der Waals surface area contributed by atoms with Crippen LogP contribution in [0.1, 0.15) is 18.5 Å². The molecule has 1 aliphatic heterocycles. The number of para-hydroxylation sites is 1. The van der Waals surface area contributed by atoms with Crippen LogP contribution < -0.4 is 11.1 Å². The highest BCUT2D eigenvalue weighted by Crippen LogP contribution is 2.30. The highest BCUT2D eigenvalue weighted by molar-refractivity contribution is 6.31. The average molecular weight is 563 g/mol. The Morgan fingerprint density at radius 3 is 2.50 bits per heavy atom. The van der Waals surface area contributed by atoms with Gasteiger partial charge in [-0.1, -0.05) is 54.1 Å². The molecule has 4 aromatic rings. The summed E-state index contributed by atoms with van der Waals surface area (Å²) in [6, 6.07) is 20.3. The van der Waals surface area contributed by atoms with E-state index >= 15 is 0 Å². The van der Waals surface area contributed by atoms with E-state index in [0.717, 1.165) is 35.5 Å². The van der Waals surface area contributed by atoms with Gasteiger partial charge in [-0.2, -0.15) is 0 Å². The first-order valence-corrected chi connectivity index (χ1v) is 13.5. The molecule has 208 valence electrons. The Hall–Kier alpha value is -3.92. The summed E-state index contributed by atoms with van der Waals surface area (Å²) in [6.45, 7) is 4.74. The van der Waals surface area contributed by atoms with Crippen LogP contribution in [0.5, 0.6) is 0 Å². The Balaban J connectivity index is 1.43. The van der Waals surface area contributed by atoms with Crippen LogP contribution in [0.4, 0.5) is 5.69 Å². The smallest absolute Gasteiger partial charge is 0.408 e. The van der Waals surface area contributed by atoms with Gasteiger partial charge in [0.2, 0.25) is 11.8 Å². The van der Waals surface area contributed by atoms with Crippen molar-refractivity contribution >= 4 is 40.2 Å². The summed E-state index contributed by atoms with van der Waals surface area (Å²) in [5.41, 5.74) is 4.40. The van der Waals surface area contributed by atoms with Crippen molar-refractivity contribution < 1.29 is 18.7 Å². The van der Waals surface area contributed by atoms with E-state index in [9.17, 15) is 14.4 Å². The minimum Gasteiger partial charge on any atom is -0.408 e. The number of anilines is 1. The standard InChI is InChI=1S/C30H31ClN4O5/c1-20(36)32-25-6-4-3-5-24(25)21-7-9-22(10-8-21)27(18-34-13-15-39-16-14-34)33(2)29(37)19-35-26-17-23(31)11-12-28(26)40-30(35)38/h3-12,17,27H,13-16,18-19H2,1-2H3,(H,32,36). The Morgan fingerprint density at radius 2 is 1.77 bits per heavy atom. The highest BCUT2D eigenvalue weighted by Gasteiger charge is 2.26. The second-order valence-electron chi connectivity index (χ2n) is 9.85. The maximum atomic E-state index is 13.6. The Labute approximate surface area is 236 Å². The van der Waals surface area contributed by atoms with Gasteiger partial charge in [0.1, 0.15) is 6.54 Å². The van der Waals surface area contributed by atoms with Crippen molar-refractivity contribution in [3.05, 3.63) is 87.9 Å². The quantitative estimate of drug-likeness (QED) is 0.342. The maximum absolute atomic E-state index is 13.6. The van der Waals surface area contributed by atoms with Crippen molar-refractivity contribution in [1.29, 1.82) is 0 Å². The van der Waals surface area contributed by atoms with Gasteiger partial charge in [-0.3, -0.25) is 19.1 Å². The number of amides is 2. The number of likely N-dealkylation sites (N-methyl/N-ethyl adjacent to an activating group) is 1. The van der Waals surface area contributed by atoms with Gasteiger partial charge in [-0.15, -0.1) is 0 Å². The molecule has 0 radical (unpaired) electrons. The number of fused-ring (bicyclic) bond motifs is 1. The minimum atomic E-state index is -0.606. The number of hydrogen-bond donors (Lipinski definition) is 1. The molecule has 0 aliphatic carbocycles. The van der Waals surface area contributed by atoms with Crippen LogP contribution in [0.15, 0.2) is 75.9 Å². The highest BCUT2D eigenvalue weighted by atomic mass is 35.5. The summed E-state index contributed by atoms with van der Waals surface area (Å²) in [5.74, 6) is -0.976. The molecule has 5 rings (SSSR count). The third kappa shape index (κ3) is 6.12. The van der Waals surface area contributed by atoms with Gasteiger partial charge in [-0.05, 0) is 35.4 Å².